The molecule has 1 aliphatic rings. The molecule has 4 rings (SSSR count). The highest BCUT2D eigenvalue weighted by Gasteiger charge is 2.25. The highest BCUT2D eigenvalue weighted by Crippen LogP contribution is 2.22. The molecule has 1 N–H and O–H groups in total. The van der Waals surface area contributed by atoms with Crippen LogP contribution in [0, 0.1) is 0 Å². The van der Waals surface area contributed by atoms with Crippen LogP contribution in [-0.2, 0) is 11.3 Å². The van der Waals surface area contributed by atoms with Crippen molar-refractivity contribution in [3.8, 4) is 5.75 Å². The highest BCUT2D eigenvalue weighted by molar-refractivity contribution is 7.09. The monoisotopic (exact) mass is 543 g/mol. The molecule has 0 spiro atoms. The van der Waals surface area contributed by atoms with Crippen LogP contribution in [0.2, 0.25) is 5.02 Å². The van der Waals surface area contributed by atoms with Gasteiger partial charge in [-0.15, -0.1) is 11.3 Å². The van der Waals surface area contributed by atoms with Gasteiger partial charge in [0.25, 0.3) is 5.91 Å². The number of hydrogen-bond acceptors (Lipinski definition) is 7. The van der Waals surface area contributed by atoms with Gasteiger partial charge in [0, 0.05) is 61.6 Å². The Bertz CT molecular complexity index is 1180. The zero-order valence-electron chi connectivity index (χ0n) is 20.9. The summed E-state index contributed by atoms with van der Waals surface area (Å²) in [4.78, 5) is 36.2. The van der Waals surface area contributed by atoms with Gasteiger partial charge in [-0.05, 0) is 48.5 Å². The zero-order valence-corrected chi connectivity index (χ0v) is 22.4. The Labute approximate surface area is 225 Å². The molecule has 0 radical (unpaired) electrons. The maximum atomic E-state index is 13.1. The summed E-state index contributed by atoms with van der Waals surface area (Å²) in [5.74, 6) is 0.728. The van der Waals surface area contributed by atoms with Crippen molar-refractivity contribution in [1.82, 2.24) is 14.8 Å². The number of anilines is 2. The Hall–Kier alpha value is -3.34. The summed E-state index contributed by atoms with van der Waals surface area (Å²) in [6, 6.07) is 14.6. The van der Waals surface area contributed by atoms with Crippen molar-refractivity contribution in [3.05, 3.63) is 69.6 Å². The van der Waals surface area contributed by atoms with E-state index >= 15 is 0 Å². The summed E-state index contributed by atoms with van der Waals surface area (Å²) >= 11 is 7.30. The maximum Gasteiger partial charge on any atom is 0.322 e. The third-order valence-electron chi connectivity index (χ3n) is 6.05. The van der Waals surface area contributed by atoms with Gasteiger partial charge in [0.15, 0.2) is 0 Å². The lowest BCUT2D eigenvalue weighted by atomic mass is 10.2. The van der Waals surface area contributed by atoms with Crippen molar-refractivity contribution in [2.45, 2.75) is 6.54 Å². The first-order valence-electron chi connectivity index (χ1n) is 11.9. The van der Waals surface area contributed by atoms with Crippen molar-refractivity contribution in [2.24, 2.45) is 0 Å². The van der Waals surface area contributed by atoms with Crippen LogP contribution in [0.1, 0.15) is 15.5 Å². The van der Waals surface area contributed by atoms with Gasteiger partial charge in [0.1, 0.15) is 16.5 Å². The number of aromatic nitrogens is 1. The van der Waals surface area contributed by atoms with Crippen LogP contribution in [0.3, 0.4) is 0 Å². The predicted molar refractivity (Wildman–Crippen MR) is 146 cm³/mol. The van der Waals surface area contributed by atoms with Crippen LogP contribution >= 0.6 is 22.9 Å². The van der Waals surface area contributed by atoms with E-state index in [0.717, 1.165) is 24.5 Å². The van der Waals surface area contributed by atoms with E-state index in [1.165, 1.54) is 11.3 Å². The number of nitrogens with one attached hydrogen (secondary N) is 1. The largest absolute Gasteiger partial charge is 0.497 e. The van der Waals surface area contributed by atoms with Gasteiger partial charge in [-0.2, -0.15) is 0 Å². The number of halogens is 1. The second-order valence-electron chi connectivity index (χ2n) is 8.46. The van der Waals surface area contributed by atoms with Gasteiger partial charge in [-0.3, -0.25) is 4.79 Å². The molecule has 1 aliphatic heterocycles. The highest BCUT2D eigenvalue weighted by atomic mass is 35.5. The van der Waals surface area contributed by atoms with Gasteiger partial charge >= 0.3 is 6.03 Å². The van der Waals surface area contributed by atoms with E-state index in [9.17, 15) is 9.59 Å². The lowest BCUT2D eigenvalue weighted by molar-refractivity contribution is 0.0741. The fourth-order valence-corrected chi connectivity index (χ4v) is 4.87. The Balaban J connectivity index is 1.34. The minimum Gasteiger partial charge on any atom is -0.497 e. The maximum absolute atomic E-state index is 13.1. The molecule has 2 heterocycles. The molecule has 0 saturated carbocycles. The smallest absolute Gasteiger partial charge is 0.322 e. The van der Waals surface area contributed by atoms with Gasteiger partial charge in [0.2, 0.25) is 0 Å². The normalized spacial score (nSPS) is 13.4. The number of ether oxygens (including phenoxy) is 2. The number of amides is 3. The van der Waals surface area contributed by atoms with E-state index in [1.807, 2.05) is 29.2 Å². The number of carbonyl (C=O) groups excluding carboxylic acids is 2. The van der Waals surface area contributed by atoms with Crippen LogP contribution in [-0.4, -0.2) is 80.3 Å². The van der Waals surface area contributed by atoms with Crippen molar-refractivity contribution >= 4 is 46.3 Å². The Morgan fingerprint density at radius 3 is 2.41 bits per heavy atom. The summed E-state index contributed by atoms with van der Waals surface area (Å²) in [5, 5.41) is 5.91. The van der Waals surface area contributed by atoms with E-state index in [-0.39, 0.29) is 18.5 Å². The predicted octanol–water partition coefficient (Wildman–Crippen LogP) is 4.45. The molecule has 3 amide bonds. The number of carbonyl (C=O) groups is 2. The molecule has 1 saturated heterocycles. The van der Waals surface area contributed by atoms with Gasteiger partial charge < -0.3 is 29.5 Å². The van der Waals surface area contributed by atoms with Crippen molar-refractivity contribution in [3.63, 3.8) is 0 Å². The van der Waals surface area contributed by atoms with Crippen LogP contribution in [0.25, 0.3) is 0 Å². The average Bonchev–Trinajstić information content (AvgIpc) is 3.40. The van der Waals surface area contributed by atoms with Crippen molar-refractivity contribution in [2.75, 3.05) is 63.8 Å². The molecule has 3 aromatic rings. The number of benzene rings is 2. The summed E-state index contributed by atoms with van der Waals surface area (Å²) in [7, 11) is 3.24. The first-order chi connectivity index (χ1) is 18.0. The minimum absolute atomic E-state index is 0.0917. The van der Waals surface area contributed by atoms with Crippen LogP contribution in [0.5, 0.6) is 5.75 Å². The molecule has 2 aromatic carbocycles. The second-order valence-corrected chi connectivity index (χ2v) is 9.83. The third-order valence-corrected chi connectivity index (χ3v) is 7.14. The quantitative estimate of drug-likeness (QED) is 0.429. The fraction of sp³-hybridized carbons (Fsp3) is 0.346. The summed E-state index contributed by atoms with van der Waals surface area (Å²) < 4.78 is 10.4. The topological polar surface area (TPSA) is 87.2 Å². The number of rotatable bonds is 9. The van der Waals surface area contributed by atoms with Crippen LogP contribution in [0.15, 0.2) is 53.9 Å². The standard InChI is InChI=1S/C26H30ClN5O4S/c1-35-16-15-32(26(34)28-20-5-3-19(27)4-6-20)17-24-29-23(18-37-24)25(33)31-13-11-30(12-14-31)21-7-9-22(36-2)10-8-21/h3-10,18H,11-17H2,1-2H3,(H,28,34). The Morgan fingerprint density at radius 2 is 1.76 bits per heavy atom. The number of piperazine rings is 1. The second kappa shape index (κ2) is 12.8. The molecule has 0 bridgehead atoms. The SMILES string of the molecule is COCCN(Cc1nc(C(=O)N2CCN(c3ccc(OC)cc3)CC2)cs1)C(=O)Nc1ccc(Cl)cc1. The molecule has 0 unspecified atom stereocenters. The van der Waals surface area contributed by atoms with Crippen LogP contribution < -0.4 is 15.0 Å². The van der Waals surface area contributed by atoms with Crippen LogP contribution in [0.4, 0.5) is 16.2 Å². The van der Waals surface area contributed by atoms with Crippen molar-refractivity contribution < 1.29 is 19.1 Å². The number of hydrogen-bond donors (Lipinski definition) is 1. The van der Waals surface area contributed by atoms with Gasteiger partial charge in [-0.25, -0.2) is 9.78 Å². The minimum atomic E-state index is -0.280. The molecule has 37 heavy (non-hydrogen) atoms. The lowest BCUT2D eigenvalue weighted by Gasteiger charge is -2.35. The van der Waals surface area contributed by atoms with E-state index < -0.39 is 0 Å². The lowest BCUT2D eigenvalue weighted by Crippen LogP contribution is -2.48. The molecular formula is C26H30ClN5O4S. The molecule has 1 aromatic heterocycles. The molecule has 9 nitrogen and oxygen atoms in total. The van der Waals surface area contributed by atoms with E-state index in [2.05, 4.69) is 15.2 Å². The summed E-state index contributed by atoms with van der Waals surface area (Å²) in [5.41, 5.74) is 2.15. The molecule has 0 aliphatic carbocycles. The average molecular weight is 544 g/mol. The number of methoxy groups -OCH3 is 2. The number of nitrogens with zero attached hydrogens (tertiary/aromatic N) is 4. The third kappa shape index (κ3) is 7.12. The first-order valence-corrected chi connectivity index (χ1v) is 13.2. The Kier molecular flexibility index (Phi) is 9.21. The number of thiazole rings is 1. The van der Waals surface area contributed by atoms with Gasteiger partial charge in [0.05, 0.1) is 20.3 Å². The molecule has 11 heteroatoms. The molecule has 0 atom stereocenters. The number of urea groups is 1. The molecule has 196 valence electrons. The molecular weight excluding hydrogens is 514 g/mol. The summed E-state index contributed by atoms with van der Waals surface area (Å²) in [6.07, 6.45) is 0. The van der Waals surface area contributed by atoms with E-state index in [1.54, 1.807) is 48.8 Å². The summed E-state index contributed by atoms with van der Waals surface area (Å²) in [6.45, 7) is 3.74. The zero-order chi connectivity index (χ0) is 26.2. The van der Waals surface area contributed by atoms with E-state index in [4.69, 9.17) is 21.1 Å². The van der Waals surface area contributed by atoms with Crippen molar-refractivity contribution in [1.29, 1.82) is 0 Å². The Morgan fingerprint density at radius 1 is 1.05 bits per heavy atom. The fourth-order valence-electron chi connectivity index (χ4n) is 3.96. The first kappa shape index (κ1) is 26.7. The van der Waals surface area contributed by atoms with E-state index in [0.29, 0.717) is 47.7 Å². The van der Waals surface area contributed by atoms with Gasteiger partial charge in [-0.1, -0.05) is 11.6 Å². The molecule has 1 fully saturated rings.